The second-order valence-electron chi connectivity index (χ2n) is 7.32. The van der Waals surface area contributed by atoms with Gasteiger partial charge in [-0.2, -0.15) is 0 Å². The van der Waals surface area contributed by atoms with Gasteiger partial charge in [0, 0.05) is 11.6 Å². The first kappa shape index (κ1) is 19.0. The fourth-order valence-electron chi connectivity index (χ4n) is 2.88. The minimum absolute atomic E-state index is 0.0451. The molecule has 0 aromatic heterocycles. The van der Waals surface area contributed by atoms with Crippen molar-refractivity contribution in [3.8, 4) is 11.5 Å². The number of aromatic hydroxyl groups is 1. The van der Waals surface area contributed by atoms with Gasteiger partial charge >= 0.3 is 0 Å². The molecular formula is C22H28O3. The molecule has 0 fully saturated rings. The molecule has 1 atom stereocenters. The molecule has 3 heteroatoms. The molecule has 2 rings (SSSR count). The Morgan fingerprint density at radius 1 is 1.04 bits per heavy atom. The van der Waals surface area contributed by atoms with E-state index in [4.69, 9.17) is 4.74 Å². The van der Waals surface area contributed by atoms with Crippen LogP contribution in [-0.4, -0.2) is 17.5 Å². The maximum Gasteiger partial charge on any atom is 0.196 e. The van der Waals surface area contributed by atoms with Gasteiger partial charge in [0.15, 0.2) is 5.78 Å². The lowest BCUT2D eigenvalue weighted by atomic mass is 9.88. The molecule has 1 N–H and O–H groups in total. The summed E-state index contributed by atoms with van der Waals surface area (Å²) in [4.78, 5) is 12.5. The molecule has 0 spiro atoms. The highest BCUT2D eigenvalue weighted by molar-refractivity contribution is 6.10. The van der Waals surface area contributed by atoms with Gasteiger partial charge in [-0.05, 0) is 36.3 Å². The lowest BCUT2D eigenvalue weighted by molar-refractivity contribution is 0.103. The minimum atomic E-state index is -0.190. The van der Waals surface area contributed by atoms with Crippen LogP contribution in [0.5, 0.6) is 11.5 Å². The average molecular weight is 340 g/mol. The topological polar surface area (TPSA) is 46.5 Å². The van der Waals surface area contributed by atoms with Crippen LogP contribution in [-0.2, 0) is 0 Å². The van der Waals surface area contributed by atoms with Gasteiger partial charge in [0.2, 0.25) is 0 Å². The first-order chi connectivity index (χ1) is 11.9. The zero-order valence-corrected chi connectivity index (χ0v) is 15.5. The van der Waals surface area contributed by atoms with Gasteiger partial charge < -0.3 is 9.84 Å². The molecular weight excluding hydrogens is 312 g/mol. The molecule has 2 aromatic carbocycles. The normalized spacial score (nSPS) is 12.4. The van der Waals surface area contributed by atoms with Gasteiger partial charge in [-0.1, -0.05) is 58.0 Å². The van der Waals surface area contributed by atoms with Crippen molar-refractivity contribution in [2.75, 3.05) is 6.61 Å². The van der Waals surface area contributed by atoms with E-state index in [1.807, 2.05) is 18.2 Å². The van der Waals surface area contributed by atoms with Crippen molar-refractivity contribution in [3.63, 3.8) is 0 Å². The van der Waals surface area contributed by atoms with Crippen LogP contribution in [0.2, 0.25) is 0 Å². The Bertz CT molecular complexity index is 690. The lowest BCUT2D eigenvalue weighted by Crippen LogP contribution is -2.20. The number of carbonyl (C=O) groups is 1. The molecule has 134 valence electrons. The average Bonchev–Trinajstić information content (AvgIpc) is 2.58. The number of rotatable bonds is 8. The van der Waals surface area contributed by atoms with E-state index in [0.29, 0.717) is 41.2 Å². The number of ether oxygens (including phenoxy) is 1. The predicted molar refractivity (Wildman–Crippen MR) is 101 cm³/mol. The Morgan fingerprint density at radius 3 is 2.28 bits per heavy atom. The lowest BCUT2D eigenvalue weighted by Gasteiger charge is -2.23. The van der Waals surface area contributed by atoms with Crippen molar-refractivity contribution >= 4 is 5.78 Å². The van der Waals surface area contributed by atoms with E-state index >= 15 is 0 Å². The predicted octanol–water partition coefficient (Wildman–Crippen LogP) is 5.32. The van der Waals surface area contributed by atoms with Gasteiger partial charge in [0.25, 0.3) is 0 Å². The summed E-state index contributed by atoms with van der Waals surface area (Å²) in [6.45, 7) is 9.45. The number of hydrogen-bond donors (Lipinski definition) is 1. The maximum atomic E-state index is 12.5. The van der Waals surface area contributed by atoms with Crippen LogP contribution in [0, 0.1) is 17.8 Å². The largest absolute Gasteiger partial charge is 0.507 e. The molecule has 0 amide bonds. The van der Waals surface area contributed by atoms with Gasteiger partial charge in [0.1, 0.15) is 11.5 Å². The van der Waals surface area contributed by atoms with E-state index < -0.39 is 0 Å². The third-order valence-electron chi connectivity index (χ3n) is 4.43. The van der Waals surface area contributed by atoms with Crippen molar-refractivity contribution in [3.05, 3.63) is 59.7 Å². The number of benzene rings is 2. The summed E-state index contributed by atoms with van der Waals surface area (Å²) in [6.07, 6.45) is 1.11. The smallest absolute Gasteiger partial charge is 0.196 e. The third kappa shape index (κ3) is 5.35. The molecule has 0 saturated carbocycles. The van der Waals surface area contributed by atoms with Gasteiger partial charge in [-0.15, -0.1) is 0 Å². The molecule has 25 heavy (non-hydrogen) atoms. The van der Waals surface area contributed by atoms with Crippen molar-refractivity contribution < 1.29 is 14.6 Å². The Hall–Kier alpha value is -2.29. The van der Waals surface area contributed by atoms with Gasteiger partial charge in [-0.25, -0.2) is 0 Å². The summed E-state index contributed by atoms with van der Waals surface area (Å²) >= 11 is 0. The SMILES string of the molecule is CC(C)CC(COc1ccc(C(=O)c2ccccc2)c(O)c1)C(C)C. The quantitative estimate of drug-likeness (QED) is 0.662. The molecule has 0 saturated heterocycles. The number of ketones is 1. The molecule has 0 aliphatic heterocycles. The number of hydrogen-bond acceptors (Lipinski definition) is 3. The third-order valence-corrected chi connectivity index (χ3v) is 4.43. The zero-order chi connectivity index (χ0) is 18.4. The van der Waals surface area contributed by atoms with Crippen LogP contribution in [0.15, 0.2) is 48.5 Å². The summed E-state index contributed by atoms with van der Waals surface area (Å²) < 4.78 is 5.88. The molecule has 0 heterocycles. The van der Waals surface area contributed by atoms with Crippen LogP contribution >= 0.6 is 0 Å². The summed E-state index contributed by atoms with van der Waals surface area (Å²) in [5, 5.41) is 10.2. The van der Waals surface area contributed by atoms with E-state index in [0.717, 1.165) is 6.42 Å². The van der Waals surface area contributed by atoms with Gasteiger partial charge in [0.05, 0.1) is 12.2 Å². The number of carbonyl (C=O) groups excluding carboxylic acids is 1. The standard InChI is InChI=1S/C22H28O3/c1-15(2)12-18(16(3)4)14-25-19-10-11-20(21(23)13-19)22(24)17-8-6-5-7-9-17/h5-11,13,15-16,18,23H,12,14H2,1-4H3. The maximum absolute atomic E-state index is 12.5. The highest BCUT2D eigenvalue weighted by Gasteiger charge is 2.17. The van der Waals surface area contributed by atoms with Crippen molar-refractivity contribution in [1.29, 1.82) is 0 Å². The number of phenolic OH excluding ortho intramolecular Hbond substituents is 1. The first-order valence-corrected chi connectivity index (χ1v) is 8.94. The molecule has 2 aromatic rings. The van der Waals surface area contributed by atoms with Crippen molar-refractivity contribution in [2.24, 2.45) is 17.8 Å². The van der Waals surface area contributed by atoms with E-state index in [1.54, 1.807) is 24.3 Å². The van der Waals surface area contributed by atoms with E-state index in [9.17, 15) is 9.90 Å². The molecule has 3 nitrogen and oxygen atoms in total. The summed E-state index contributed by atoms with van der Waals surface area (Å²) in [6, 6.07) is 13.9. The Balaban J connectivity index is 2.07. The van der Waals surface area contributed by atoms with Crippen LogP contribution in [0.3, 0.4) is 0 Å². The second kappa shape index (κ2) is 8.70. The summed E-state index contributed by atoms with van der Waals surface area (Å²) in [7, 11) is 0. The zero-order valence-electron chi connectivity index (χ0n) is 15.5. The monoisotopic (exact) mass is 340 g/mol. The van der Waals surface area contributed by atoms with Crippen LogP contribution in [0.25, 0.3) is 0 Å². The van der Waals surface area contributed by atoms with Gasteiger partial charge in [-0.3, -0.25) is 4.79 Å². The highest BCUT2D eigenvalue weighted by atomic mass is 16.5. The molecule has 0 bridgehead atoms. The fraction of sp³-hybridized carbons (Fsp3) is 0.409. The molecule has 1 unspecified atom stereocenters. The Morgan fingerprint density at radius 2 is 1.72 bits per heavy atom. The molecule has 0 aliphatic rings. The fourth-order valence-corrected chi connectivity index (χ4v) is 2.88. The first-order valence-electron chi connectivity index (χ1n) is 8.94. The Kier molecular flexibility index (Phi) is 6.63. The molecule has 0 radical (unpaired) electrons. The Labute approximate surface area is 150 Å². The van der Waals surface area contributed by atoms with E-state index in [1.165, 1.54) is 6.07 Å². The summed E-state index contributed by atoms with van der Waals surface area (Å²) in [5.41, 5.74) is 0.851. The number of phenols is 1. The van der Waals surface area contributed by atoms with Crippen LogP contribution in [0.1, 0.15) is 50.0 Å². The minimum Gasteiger partial charge on any atom is -0.507 e. The van der Waals surface area contributed by atoms with Crippen molar-refractivity contribution in [2.45, 2.75) is 34.1 Å². The van der Waals surface area contributed by atoms with E-state index in [-0.39, 0.29) is 11.5 Å². The van der Waals surface area contributed by atoms with Crippen LogP contribution in [0.4, 0.5) is 0 Å². The van der Waals surface area contributed by atoms with Crippen molar-refractivity contribution in [1.82, 2.24) is 0 Å². The van der Waals surface area contributed by atoms with E-state index in [2.05, 4.69) is 27.7 Å². The molecule has 0 aliphatic carbocycles. The van der Waals surface area contributed by atoms with Crippen LogP contribution < -0.4 is 4.74 Å². The second-order valence-corrected chi connectivity index (χ2v) is 7.32. The highest BCUT2D eigenvalue weighted by Crippen LogP contribution is 2.27. The summed E-state index contributed by atoms with van der Waals surface area (Å²) in [5.74, 6) is 1.98.